The van der Waals surface area contributed by atoms with Crippen LogP contribution in [0.3, 0.4) is 0 Å². The van der Waals surface area contributed by atoms with Crippen LogP contribution in [-0.2, 0) is 0 Å². The summed E-state index contributed by atoms with van der Waals surface area (Å²) in [6, 6.07) is 5.89. The number of anilines is 2. The van der Waals surface area contributed by atoms with Gasteiger partial charge in [0, 0.05) is 11.4 Å². The molecule has 3 heteroatoms. The van der Waals surface area contributed by atoms with Gasteiger partial charge in [-0.2, -0.15) is 0 Å². The lowest BCUT2D eigenvalue weighted by atomic mass is 9.99. The maximum Gasteiger partial charge on any atom is 0.0635 e. The Labute approximate surface area is 97.7 Å². The number of hydrogen-bond donors (Lipinski definition) is 3. The third-order valence-corrected chi connectivity index (χ3v) is 3.12. The smallest absolute Gasteiger partial charge is 0.0635 e. The molecule has 0 amide bonds. The zero-order valence-corrected chi connectivity index (χ0v) is 10.3. The molecule has 16 heavy (non-hydrogen) atoms. The van der Waals surface area contributed by atoms with Gasteiger partial charge in [0.1, 0.15) is 0 Å². The maximum atomic E-state index is 9.35. The number of nitrogens with one attached hydrogen (secondary N) is 1. The lowest BCUT2D eigenvalue weighted by Gasteiger charge is -2.24. The number of benzene rings is 1. The fourth-order valence-electron chi connectivity index (χ4n) is 1.70. The molecule has 0 radical (unpaired) electrons. The number of rotatable bonds is 5. The fourth-order valence-corrected chi connectivity index (χ4v) is 1.70. The van der Waals surface area contributed by atoms with Gasteiger partial charge in [0.15, 0.2) is 0 Å². The summed E-state index contributed by atoms with van der Waals surface area (Å²) in [5.74, 6) is 0.446. The summed E-state index contributed by atoms with van der Waals surface area (Å²) in [5, 5.41) is 12.7. The molecule has 0 aliphatic rings. The summed E-state index contributed by atoms with van der Waals surface area (Å²) >= 11 is 0. The summed E-state index contributed by atoms with van der Waals surface area (Å²) in [5.41, 5.74) is 8.63. The van der Waals surface area contributed by atoms with Crippen molar-refractivity contribution in [2.75, 3.05) is 17.7 Å². The Morgan fingerprint density at radius 1 is 1.44 bits per heavy atom. The summed E-state index contributed by atoms with van der Waals surface area (Å²) in [6.07, 6.45) is 1.05. The van der Waals surface area contributed by atoms with Crippen molar-refractivity contribution in [2.45, 2.75) is 33.2 Å². The van der Waals surface area contributed by atoms with E-state index in [1.807, 2.05) is 25.1 Å². The minimum atomic E-state index is 0.104. The largest absolute Gasteiger partial charge is 0.399 e. The monoisotopic (exact) mass is 222 g/mol. The first-order chi connectivity index (χ1) is 7.58. The predicted octanol–water partition coefficient (Wildman–Crippen LogP) is 2.40. The lowest BCUT2D eigenvalue weighted by molar-refractivity contribution is 0.241. The van der Waals surface area contributed by atoms with E-state index in [-0.39, 0.29) is 12.6 Å². The molecular weight excluding hydrogens is 200 g/mol. The Bertz CT molecular complexity index is 339. The first-order valence-corrected chi connectivity index (χ1v) is 5.82. The molecule has 0 bridgehead atoms. The normalized spacial score (nSPS) is 14.5. The molecular formula is C13H22N2O. The zero-order valence-electron chi connectivity index (χ0n) is 10.3. The standard InChI is InChI=1S/C13H22N2O/c1-4-9(2)13(8-16)15-12-6-5-11(14)7-10(12)3/h5-7,9,13,15-16H,4,8,14H2,1-3H3. The molecule has 3 nitrogen and oxygen atoms in total. The molecule has 1 rings (SSSR count). The van der Waals surface area contributed by atoms with Gasteiger partial charge in [-0.3, -0.25) is 0 Å². The first kappa shape index (κ1) is 12.8. The number of hydrogen-bond acceptors (Lipinski definition) is 3. The van der Waals surface area contributed by atoms with E-state index in [0.717, 1.165) is 23.4 Å². The second-order valence-corrected chi connectivity index (χ2v) is 4.39. The molecule has 0 aliphatic heterocycles. The van der Waals surface area contributed by atoms with Crippen LogP contribution >= 0.6 is 0 Å². The van der Waals surface area contributed by atoms with Gasteiger partial charge in [0.2, 0.25) is 0 Å². The van der Waals surface area contributed by atoms with E-state index in [4.69, 9.17) is 5.73 Å². The SMILES string of the molecule is CCC(C)C(CO)Nc1ccc(N)cc1C. The Morgan fingerprint density at radius 3 is 2.62 bits per heavy atom. The van der Waals surface area contributed by atoms with E-state index >= 15 is 0 Å². The van der Waals surface area contributed by atoms with E-state index < -0.39 is 0 Å². The van der Waals surface area contributed by atoms with Gasteiger partial charge in [0.05, 0.1) is 12.6 Å². The molecule has 0 aromatic heterocycles. The van der Waals surface area contributed by atoms with Gasteiger partial charge in [-0.25, -0.2) is 0 Å². The molecule has 1 aromatic carbocycles. The maximum absolute atomic E-state index is 9.35. The number of aliphatic hydroxyl groups excluding tert-OH is 1. The number of aliphatic hydroxyl groups is 1. The van der Waals surface area contributed by atoms with Gasteiger partial charge in [-0.05, 0) is 36.6 Å². The van der Waals surface area contributed by atoms with Gasteiger partial charge in [-0.15, -0.1) is 0 Å². The van der Waals surface area contributed by atoms with Crippen LogP contribution in [0.4, 0.5) is 11.4 Å². The number of nitrogens with two attached hydrogens (primary N) is 1. The Hall–Kier alpha value is -1.22. The molecule has 0 aliphatic carbocycles. The molecule has 0 fully saturated rings. The molecule has 1 aromatic rings. The molecule has 0 spiro atoms. The Balaban J connectivity index is 2.78. The van der Waals surface area contributed by atoms with Crippen molar-refractivity contribution in [3.8, 4) is 0 Å². The van der Waals surface area contributed by atoms with Crippen molar-refractivity contribution in [1.29, 1.82) is 0 Å². The van der Waals surface area contributed by atoms with Crippen LogP contribution in [0.5, 0.6) is 0 Å². The van der Waals surface area contributed by atoms with Crippen molar-refractivity contribution < 1.29 is 5.11 Å². The molecule has 2 atom stereocenters. The lowest BCUT2D eigenvalue weighted by Crippen LogP contribution is -2.31. The van der Waals surface area contributed by atoms with Gasteiger partial charge >= 0.3 is 0 Å². The molecule has 4 N–H and O–H groups in total. The number of nitrogen functional groups attached to an aromatic ring is 1. The van der Waals surface area contributed by atoms with E-state index in [2.05, 4.69) is 19.2 Å². The van der Waals surface area contributed by atoms with E-state index in [1.54, 1.807) is 0 Å². The fraction of sp³-hybridized carbons (Fsp3) is 0.538. The van der Waals surface area contributed by atoms with Crippen LogP contribution in [0.1, 0.15) is 25.8 Å². The summed E-state index contributed by atoms with van der Waals surface area (Å²) < 4.78 is 0. The van der Waals surface area contributed by atoms with E-state index in [0.29, 0.717) is 5.92 Å². The third-order valence-electron chi connectivity index (χ3n) is 3.12. The predicted molar refractivity (Wildman–Crippen MR) is 69.5 cm³/mol. The average Bonchev–Trinajstić information content (AvgIpc) is 2.27. The van der Waals surface area contributed by atoms with Crippen LogP contribution in [0.2, 0.25) is 0 Å². The molecule has 0 saturated heterocycles. The minimum absolute atomic E-state index is 0.104. The van der Waals surface area contributed by atoms with Crippen LogP contribution < -0.4 is 11.1 Å². The zero-order chi connectivity index (χ0) is 12.1. The van der Waals surface area contributed by atoms with Crippen LogP contribution in [0.25, 0.3) is 0 Å². The van der Waals surface area contributed by atoms with E-state index in [9.17, 15) is 5.11 Å². The quantitative estimate of drug-likeness (QED) is 0.670. The second-order valence-electron chi connectivity index (χ2n) is 4.39. The molecule has 90 valence electrons. The van der Waals surface area contributed by atoms with Crippen molar-refractivity contribution in [2.24, 2.45) is 5.92 Å². The summed E-state index contributed by atoms with van der Waals surface area (Å²) in [4.78, 5) is 0. The minimum Gasteiger partial charge on any atom is -0.399 e. The van der Waals surface area contributed by atoms with Crippen molar-refractivity contribution in [3.63, 3.8) is 0 Å². The molecule has 0 saturated carbocycles. The first-order valence-electron chi connectivity index (χ1n) is 5.82. The van der Waals surface area contributed by atoms with Gasteiger partial charge in [-0.1, -0.05) is 20.3 Å². The van der Waals surface area contributed by atoms with Crippen molar-refractivity contribution >= 4 is 11.4 Å². The van der Waals surface area contributed by atoms with E-state index in [1.165, 1.54) is 0 Å². The average molecular weight is 222 g/mol. The third kappa shape index (κ3) is 3.14. The van der Waals surface area contributed by atoms with Crippen molar-refractivity contribution in [3.05, 3.63) is 23.8 Å². The Kier molecular flexibility index (Phi) is 4.62. The highest BCUT2D eigenvalue weighted by atomic mass is 16.3. The van der Waals surface area contributed by atoms with Gasteiger partial charge < -0.3 is 16.2 Å². The van der Waals surface area contributed by atoms with Crippen LogP contribution in [-0.4, -0.2) is 17.8 Å². The van der Waals surface area contributed by atoms with Gasteiger partial charge in [0.25, 0.3) is 0 Å². The second kappa shape index (κ2) is 5.75. The Morgan fingerprint density at radius 2 is 2.12 bits per heavy atom. The summed E-state index contributed by atoms with van der Waals surface area (Å²) in [6.45, 7) is 6.44. The molecule has 0 heterocycles. The van der Waals surface area contributed by atoms with Crippen molar-refractivity contribution in [1.82, 2.24) is 0 Å². The number of aryl methyl sites for hydroxylation is 1. The van der Waals surface area contributed by atoms with Crippen LogP contribution in [0, 0.1) is 12.8 Å². The highest BCUT2D eigenvalue weighted by molar-refractivity contribution is 5.57. The highest BCUT2D eigenvalue weighted by Gasteiger charge is 2.15. The van der Waals surface area contributed by atoms with Crippen LogP contribution in [0.15, 0.2) is 18.2 Å². The topological polar surface area (TPSA) is 58.3 Å². The summed E-state index contributed by atoms with van der Waals surface area (Å²) in [7, 11) is 0. The molecule has 2 unspecified atom stereocenters. The highest BCUT2D eigenvalue weighted by Crippen LogP contribution is 2.21.